The number of nitrogens with zero attached hydrogens (tertiary/aromatic N) is 5. The fraction of sp³-hybridized carbons (Fsp3) is 0. The molecule has 0 spiro atoms. The molecule has 14 rings (SSSR count). The Kier molecular flexibility index (Phi) is 7.33. The lowest BCUT2D eigenvalue weighted by atomic mass is 9.91. The van der Waals surface area contributed by atoms with Gasteiger partial charge in [-0.05, 0) is 75.1 Å². The second-order valence-electron chi connectivity index (χ2n) is 16.8. The zero-order chi connectivity index (χ0) is 41.9. The molecule has 0 amide bonds. The zero-order valence-electron chi connectivity index (χ0n) is 34.4. The Bertz CT molecular complexity index is 4080. The number of benzene rings is 10. The Morgan fingerprint density at radius 2 is 0.906 bits per heavy atom. The number of para-hydroxylation sites is 3. The lowest BCUT2D eigenvalue weighted by Crippen LogP contribution is -2.01. The van der Waals surface area contributed by atoms with E-state index in [0.29, 0.717) is 17.5 Å². The van der Waals surface area contributed by atoms with Crippen LogP contribution in [0.2, 0.25) is 0 Å². The average molecular weight is 814 g/mol. The predicted octanol–water partition coefficient (Wildman–Crippen LogP) is 15.0. The Morgan fingerprint density at radius 1 is 0.312 bits per heavy atom. The van der Waals surface area contributed by atoms with Gasteiger partial charge in [0, 0.05) is 55.0 Å². The molecule has 0 aliphatic carbocycles. The highest BCUT2D eigenvalue weighted by atomic mass is 15.0. The van der Waals surface area contributed by atoms with E-state index < -0.39 is 0 Å². The van der Waals surface area contributed by atoms with Crippen molar-refractivity contribution in [3.05, 3.63) is 212 Å². The maximum absolute atomic E-state index is 5.25. The average Bonchev–Trinajstić information content (AvgIpc) is 3.84. The van der Waals surface area contributed by atoms with Gasteiger partial charge in [0.25, 0.3) is 0 Å². The quantitative estimate of drug-likeness (QED) is 0.166. The van der Waals surface area contributed by atoms with Gasteiger partial charge in [0.15, 0.2) is 17.5 Å². The van der Waals surface area contributed by atoms with Crippen LogP contribution in [0, 0.1) is 0 Å². The number of hydrogen-bond acceptors (Lipinski definition) is 3. The third kappa shape index (κ3) is 5.03. The van der Waals surface area contributed by atoms with Crippen molar-refractivity contribution in [1.29, 1.82) is 0 Å². The molecule has 296 valence electrons. The molecule has 4 heterocycles. The van der Waals surface area contributed by atoms with Crippen LogP contribution in [0.5, 0.6) is 0 Å². The van der Waals surface area contributed by atoms with Crippen molar-refractivity contribution in [2.75, 3.05) is 0 Å². The first-order chi connectivity index (χ1) is 31.7. The van der Waals surface area contributed by atoms with E-state index in [1.54, 1.807) is 0 Å². The summed E-state index contributed by atoms with van der Waals surface area (Å²) in [6, 6.07) is 76.3. The molecule has 10 aromatic carbocycles. The molecule has 0 saturated carbocycles. The first-order valence-corrected chi connectivity index (χ1v) is 21.8. The van der Waals surface area contributed by atoms with E-state index in [1.807, 2.05) is 18.2 Å². The first-order valence-electron chi connectivity index (χ1n) is 21.8. The van der Waals surface area contributed by atoms with Gasteiger partial charge in [-0.15, -0.1) is 0 Å². The summed E-state index contributed by atoms with van der Waals surface area (Å²) in [6.07, 6.45) is 0. The number of aromatic nitrogens is 5. The molecule has 0 saturated heterocycles. The first kappa shape index (κ1) is 35.0. The standard InChI is InChI=1S/C59H35N5/c1-2-16-37(17-3-1)57-60-58(62-59(61-57)40-31-32-43-38(33-40)30-29-36-15-4-5-20-42(36)43)39-18-14-19-41(34-39)63-52-28-13-10-25-48(52)54-53(63)35-49-46-23-9-12-27-51(46)64-50-26-11-8-22-45(50)44-21-6-7-24-47(44)55(54)56(49)64/h1-35H. The van der Waals surface area contributed by atoms with Gasteiger partial charge in [-0.25, -0.2) is 15.0 Å². The highest BCUT2D eigenvalue weighted by Crippen LogP contribution is 2.51. The van der Waals surface area contributed by atoms with E-state index >= 15 is 0 Å². The highest BCUT2D eigenvalue weighted by molar-refractivity contribution is 6.28. The van der Waals surface area contributed by atoms with Crippen LogP contribution in [0.15, 0.2) is 212 Å². The fourth-order valence-electron chi connectivity index (χ4n) is 10.5. The minimum Gasteiger partial charge on any atom is -0.309 e. The zero-order valence-corrected chi connectivity index (χ0v) is 34.4. The molecule has 5 heteroatoms. The maximum Gasteiger partial charge on any atom is 0.164 e. The summed E-state index contributed by atoms with van der Waals surface area (Å²) < 4.78 is 4.94. The minimum absolute atomic E-state index is 0.619. The molecule has 1 aliphatic heterocycles. The summed E-state index contributed by atoms with van der Waals surface area (Å²) >= 11 is 0. The van der Waals surface area contributed by atoms with Gasteiger partial charge in [-0.3, -0.25) is 0 Å². The van der Waals surface area contributed by atoms with Gasteiger partial charge in [0.05, 0.1) is 27.8 Å². The third-order valence-electron chi connectivity index (χ3n) is 13.3. The van der Waals surface area contributed by atoms with Crippen molar-refractivity contribution in [3.8, 4) is 67.8 Å². The molecule has 13 aromatic rings. The number of fused-ring (bicyclic) bond motifs is 15. The van der Waals surface area contributed by atoms with Gasteiger partial charge >= 0.3 is 0 Å². The Labute approximate surface area is 367 Å². The normalized spacial score (nSPS) is 12.1. The van der Waals surface area contributed by atoms with E-state index in [-0.39, 0.29) is 0 Å². The Hall–Kier alpha value is -8.67. The molecule has 0 fully saturated rings. The van der Waals surface area contributed by atoms with Gasteiger partial charge < -0.3 is 9.13 Å². The van der Waals surface area contributed by atoms with Crippen molar-refractivity contribution in [1.82, 2.24) is 24.1 Å². The van der Waals surface area contributed by atoms with Gasteiger partial charge in [-0.1, -0.05) is 170 Å². The lowest BCUT2D eigenvalue weighted by Gasteiger charge is -2.13. The number of hydrogen-bond donors (Lipinski definition) is 0. The third-order valence-corrected chi connectivity index (χ3v) is 13.3. The molecule has 0 unspecified atom stereocenters. The van der Waals surface area contributed by atoms with E-state index in [9.17, 15) is 0 Å². The molecule has 64 heavy (non-hydrogen) atoms. The molecule has 3 aromatic heterocycles. The highest BCUT2D eigenvalue weighted by Gasteiger charge is 2.29. The van der Waals surface area contributed by atoms with Crippen LogP contribution in [0.4, 0.5) is 0 Å². The van der Waals surface area contributed by atoms with Gasteiger partial charge in [0.1, 0.15) is 0 Å². The van der Waals surface area contributed by atoms with Crippen LogP contribution in [-0.4, -0.2) is 24.1 Å². The summed E-state index contributed by atoms with van der Waals surface area (Å²) in [5.74, 6) is 1.89. The van der Waals surface area contributed by atoms with Gasteiger partial charge in [-0.2, -0.15) is 0 Å². The molecule has 0 bridgehead atoms. The largest absolute Gasteiger partial charge is 0.309 e. The molecule has 5 nitrogen and oxygen atoms in total. The van der Waals surface area contributed by atoms with Crippen LogP contribution in [0.25, 0.3) is 133 Å². The Balaban J connectivity index is 1.02. The summed E-state index contributed by atoms with van der Waals surface area (Å²) in [5.41, 5.74) is 14.7. The molecule has 0 N–H and O–H groups in total. The molecular weight excluding hydrogens is 779 g/mol. The van der Waals surface area contributed by atoms with Crippen LogP contribution >= 0.6 is 0 Å². The van der Waals surface area contributed by atoms with E-state index in [2.05, 4.69) is 203 Å². The molecule has 0 radical (unpaired) electrons. The second-order valence-corrected chi connectivity index (χ2v) is 16.8. The fourth-order valence-corrected chi connectivity index (χ4v) is 10.5. The van der Waals surface area contributed by atoms with Crippen molar-refractivity contribution in [3.63, 3.8) is 0 Å². The summed E-state index contributed by atoms with van der Waals surface area (Å²) in [6.45, 7) is 0. The van der Waals surface area contributed by atoms with Crippen LogP contribution in [0.3, 0.4) is 0 Å². The van der Waals surface area contributed by atoms with E-state index in [1.165, 1.54) is 76.7 Å². The monoisotopic (exact) mass is 813 g/mol. The second kappa shape index (κ2) is 13.4. The van der Waals surface area contributed by atoms with Crippen molar-refractivity contribution in [2.45, 2.75) is 0 Å². The summed E-state index contributed by atoms with van der Waals surface area (Å²) in [5, 5.41) is 9.70. The lowest BCUT2D eigenvalue weighted by molar-refractivity contribution is 1.07. The molecular formula is C59H35N5. The topological polar surface area (TPSA) is 48.5 Å². The van der Waals surface area contributed by atoms with E-state index in [0.717, 1.165) is 38.8 Å². The van der Waals surface area contributed by atoms with Crippen molar-refractivity contribution in [2.24, 2.45) is 0 Å². The predicted molar refractivity (Wildman–Crippen MR) is 264 cm³/mol. The van der Waals surface area contributed by atoms with Crippen LogP contribution in [-0.2, 0) is 0 Å². The summed E-state index contributed by atoms with van der Waals surface area (Å²) in [4.78, 5) is 15.5. The smallest absolute Gasteiger partial charge is 0.164 e. The van der Waals surface area contributed by atoms with Crippen molar-refractivity contribution < 1.29 is 0 Å². The molecule has 0 atom stereocenters. The Morgan fingerprint density at radius 3 is 1.73 bits per heavy atom. The maximum atomic E-state index is 5.25. The van der Waals surface area contributed by atoms with Gasteiger partial charge in [0.2, 0.25) is 0 Å². The SMILES string of the molecule is c1ccc(-c2nc(-c3cccc(-n4c5ccccc5c5c6c7c(cc54)c4ccccc4n7-c4ccccc4-c4ccccc4-6)c3)nc(-c3ccc4c(ccc5ccccc54)c3)n2)cc1. The number of rotatable bonds is 4. The van der Waals surface area contributed by atoms with Crippen LogP contribution < -0.4 is 0 Å². The van der Waals surface area contributed by atoms with Crippen LogP contribution in [0.1, 0.15) is 0 Å². The molecule has 1 aliphatic rings. The van der Waals surface area contributed by atoms with E-state index in [4.69, 9.17) is 15.0 Å². The summed E-state index contributed by atoms with van der Waals surface area (Å²) in [7, 11) is 0. The van der Waals surface area contributed by atoms with Crippen molar-refractivity contribution >= 4 is 65.2 Å². The minimum atomic E-state index is 0.619.